The lowest BCUT2D eigenvalue weighted by Crippen LogP contribution is -2.28. The maximum Gasteiger partial charge on any atom is 0.252 e. The lowest BCUT2D eigenvalue weighted by molar-refractivity contribution is -0.115. The summed E-state index contributed by atoms with van der Waals surface area (Å²) in [4.78, 5) is 12.9. The number of ether oxygens (including phenoxy) is 1. The Morgan fingerprint density at radius 2 is 1.74 bits per heavy atom. The fourth-order valence-corrected chi connectivity index (χ4v) is 3.66. The minimum Gasteiger partial charge on any atom is -0.492 e. The fraction of sp³-hybridized carbons (Fsp3) is 0.174. The van der Waals surface area contributed by atoms with Crippen LogP contribution in [0.4, 0.5) is 0 Å². The van der Waals surface area contributed by atoms with Crippen molar-refractivity contribution in [2.45, 2.75) is 4.90 Å². The minimum absolute atomic E-state index is 0.189. The van der Waals surface area contributed by atoms with Gasteiger partial charge in [-0.3, -0.25) is 4.79 Å². The molecule has 3 aromatic rings. The van der Waals surface area contributed by atoms with E-state index in [4.69, 9.17) is 9.15 Å². The Hall–Kier alpha value is -3.36. The third-order valence-electron chi connectivity index (χ3n) is 4.42. The molecule has 8 heteroatoms. The standard InChI is InChI=1S/C23H24N2O5S/c1-25(2)31(27,28)21-12-10-19(11-13-21)30-16-14-24-23(26)22(17-20-9-6-15-29-20)18-7-4-3-5-8-18/h3-13,15,17H,14,16H2,1-2H3,(H,24,26)/b22-17+. The fourth-order valence-electron chi connectivity index (χ4n) is 2.76. The van der Waals surface area contributed by atoms with Crippen molar-refractivity contribution in [1.82, 2.24) is 9.62 Å². The maximum absolute atomic E-state index is 12.8. The first-order chi connectivity index (χ1) is 14.9. The third-order valence-corrected chi connectivity index (χ3v) is 6.25. The van der Waals surface area contributed by atoms with Gasteiger partial charge < -0.3 is 14.5 Å². The monoisotopic (exact) mass is 440 g/mol. The number of nitrogens with one attached hydrogen (secondary N) is 1. The summed E-state index contributed by atoms with van der Waals surface area (Å²) in [7, 11) is -0.523. The lowest BCUT2D eigenvalue weighted by Gasteiger charge is -2.12. The van der Waals surface area contributed by atoms with E-state index in [1.807, 2.05) is 30.3 Å². The number of sulfonamides is 1. The number of furan rings is 1. The van der Waals surface area contributed by atoms with Crippen LogP contribution in [0.3, 0.4) is 0 Å². The van der Waals surface area contributed by atoms with E-state index in [-0.39, 0.29) is 24.0 Å². The Bertz CT molecular complexity index is 1120. The van der Waals surface area contributed by atoms with Crippen LogP contribution in [-0.2, 0) is 14.8 Å². The van der Waals surface area contributed by atoms with Gasteiger partial charge in [-0.1, -0.05) is 30.3 Å². The Morgan fingerprint density at radius 3 is 2.35 bits per heavy atom. The molecule has 1 aromatic heterocycles. The summed E-state index contributed by atoms with van der Waals surface area (Å²) < 4.78 is 36.3. The van der Waals surface area contributed by atoms with Crippen molar-refractivity contribution < 1.29 is 22.4 Å². The average Bonchev–Trinajstić information content (AvgIpc) is 3.29. The number of hydrogen-bond acceptors (Lipinski definition) is 5. The van der Waals surface area contributed by atoms with Gasteiger partial charge in [-0.05, 0) is 48.0 Å². The zero-order valence-electron chi connectivity index (χ0n) is 17.3. The van der Waals surface area contributed by atoms with Crippen LogP contribution in [0.25, 0.3) is 11.6 Å². The molecule has 2 aromatic carbocycles. The highest BCUT2D eigenvalue weighted by molar-refractivity contribution is 7.89. The van der Waals surface area contributed by atoms with Gasteiger partial charge in [0.15, 0.2) is 0 Å². The lowest BCUT2D eigenvalue weighted by atomic mass is 10.0. The number of rotatable bonds is 9. The number of amides is 1. The molecule has 0 atom stereocenters. The first-order valence-electron chi connectivity index (χ1n) is 9.62. The Kier molecular flexibility index (Phi) is 7.28. The zero-order chi connectivity index (χ0) is 22.3. The van der Waals surface area contributed by atoms with Crippen LogP contribution in [0.15, 0.2) is 82.3 Å². The molecule has 31 heavy (non-hydrogen) atoms. The highest BCUT2D eigenvalue weighted by Crippen LogP contribution is 2.20. The van der Waals surface area contributed by atoms with Gasteiger partial charge in [0.1, 0.15) is 18.1 Å². The first kappa shape index (κ1) is 22.3. The van der Waals surface area contributed by atoms with Gasteiger partial charge in [0, 0.05) is 14.1 Å². The number of nitrogens with zero attached hydrogens (tertiary/aromatic N) is 1. The Morgan fingerprint density at radius 1 is 1.03 bits per heavy atom. The van der Waals surface area contributed by atoms with E-state index in [1.54, 1.807) is 36.6 Å². The summed E-state index contributed by atoms with van der Waals surface area (Å²) in [5.41, 5.74) is 1.25. The summed E-state index contributed by atoms with van der Waals surface area (Å²) in [5, 5.41) is 2.84. The van der Waals surface area contributed by atoms with Gasteiger partial charge >= 0.3 is 0 Å². The van der Waals surface area contributed by atoms with Gasteiger partial charge in [0.25, 0.3) is 5.91 Å². The molecule has 7 nitrogen and oxygen atoms in total. The second kappa shape index (κ2) is 10.1. The van der Waals surface area contributed by atoms with Crippen molar-refractivity contribution in [1.29, 1.82) is 0 Å². The molecular formula is C23H24N2O5S. The van der Waals surface area contributed by atoms with Crippen LogP contribution in [-0.4, -0.2) is 45.9 Å². The average molecular weight is 441 g/mol. The van der Waals surface area contributed by atoms with Gasteiger partial charge in [0.2, 0.25) is 10.0 Å². The van der Waals surface area contributed by atoms with E-state index < -0.39 is 10.0 Å². The summed E-state index contributed by atoms with van der Waals surface area (Å²) in [6, 6.07) is 19.0. The summed E-state index contributed by atoms with van der Waals surface area (Å²) in [5.74, 6) is 0.845. The predicted octanol–water partition coefficient (Wildman–Crippen LogP) is 3.27. The highest BCUT2D eigenvalue weighted by atomic mass is 32.2. The van der Waals surface area contributed by atoms with Crippen LogP contribution in [0.5, 0.6) is 5.75 Å². The normalized spacial score (nSPS) is 12.0. The van der Waals surface area contributed by atoms with Crippen molar-refractivity contribution in [3.63, 3.8) is 0 Å². The summed E-state index contributed by atoms with van der Waals surface area (Å²) >= 11 is 0. The first-order valence-corrected chi connectivity index (χ1v) is 11.1. The SMILES string of the molecule is CN(C)S(=O)(=O)c1ccc(OCCNC(=O)/C(=C/c2ccco2)c2ccccc2)cc1. The van der Waals surface area contributed by atoms with E-state index in [1.165, 1.54) is 26.2 Å². The molecule has 1 heterocycles. The van der Waals surface area contributed by atoms with Crippen LogP contribution in [0, 0.1) is 0 Å². The van der Waals surface area contributed by atoms with Crippen LogP contribution in [0.2, 0.25) is 0 Å². The second-order valence-electron chi connectivity index (χ2n) is 6.80. The van der Waals surface area contributed by atoms with Crippen molar-refractivity contribution in [3.05, 3.63) is 84.3 Å². The quantitative estimate of drug-likeness (QED) is 0.408. The van der Waals surface area contributed by atoms with Crippen molar-refractivity contribution in [2.24, 2.45) is 0 Å². The van der Waals surface area contributed by atoms with E-state index in [0.717, 1.165) is 9.87 Å². The molecule has 3 rings (SSSR count). The van der Waals surface area contributed by atoms with E-state index in [0.29, 0.717) is 17.1 Å². The summed E-state index contributed by atoms with van der Waals surface area (Å²) in [6.07, 6.45) is 3.24. The van der Waals surface area contributed by atoms with Crippen molar-refractivity contribution in [2.75, 3.05) is 27.2 Å². The van der Waals surface area contributed by atoms with Gasteiger partial charge in [-0.25, -0.2) is 12.7 Å². The predicted molar refractivity (Wildman–Crippen MR) is 119 cm³/mol. The highest BCUT2D eigenvalue weighted by Gasteiger charge is 2.17. The molecule has 0 saturated carbocycles. The van der Waals surface area contributed by atoms with Gasteiger partial charge in [0.05, 0.1) is 23.3 Å². The number of hydrogen-bond donors (Lipinski definition) is 1. The number of benzene rings is 2. The van der Waals surface area contributed by atoms with Gasteiger partial charge in [-0.15, -0.1) is 0 Å². The van der Waals surface area contributed by atoms with Gasteiger partial charge in [-0.2, -0.15) is 0 Å². The van der Waals surface area contributed by atoms with E-state index in [9.17, 15) is 13.2 Å². The zero-order valence-corrected chi connectivity index (χ0v) is 18.1. The smallest absolute Gasteiger partial charge is 0.252 e. The van der Waals surface area contributed by atoms with E-state index in [2.05, 4.69) is 5.32 Å². The molecule has 0 radical (unpaired) electrons. The molecule has 0 aliphatic carbocycles. The third kappa shape index (κ3) is 5.84. The molecule has 0 saturated heterocycles. The largest absolute Gasteiger partial charge is 0.492 e. The van der Waals surface area contributed by atoms with Crippen LogP contribution < -0.4 is 10.1 Å². The van der Waals surface area contributed by atoms with Crippen molar-refractivity contribution in [3.8, 4) is 5.75 Å². The van der Waals surface area contributed by atoms with E-state index >= 15 is 0 Å². The Labute approximate surface area is 182 Å². The molecule has 0 bridgehead atoms. The number of carbonyl (C=O) groups excluding carboxylic acids is 1. The molecule has 0 aliphatic heterocycles. The second-order valence-corrected chi connectivity index (χ2v) is 8.95. The Balaban J connectivity index is 1.58. The molecule has 0 fully saturated rings. The summed E-state index contributed by atoms with van der Waals surface area (Å²) in [6.45, 7) is 0.507. The van der Waals surface area contributed by atoms with Crippen LogP contribution >= 0.6 is 0 Å². The molecule has 0 aliphatic rings. The molecule has 162 valence electrons. The molecule has 0 spiro atoms. The molecule has 0 unspecified atom stereocenters. The minimum atomic E-state index is -3.48. The molecule has 1 amide bonds. The van der Waals surface area contributed by atoms with Crippen molar-refractivity contribution >= 4 is 27.6 Å². The topological polar surface area (TPSA) is 88.9 Å². The maximum atomic E-state index is 12.8. The number of carbonyl (C=O) groups is 1. The molecular weight excluding hydrogens is 416 g/mol. The molecule has 1 N–H and O–H groups in total. The van der Waals surface area contributed by atoms with Crippen LogP contribution in [0.1, 0.15) is 11.3 Å².